The van der Waals surface area contributed by atoms with Gasteiger partial charge < -0.3 is 5.32 Å². The standard InChI is InChI=1S/C12H14Cl2N2O3/c1-2-12(7-13,8-14)15-11(17)9-3-5-10(6-4-9)16(18)19/h3-6H,2,7-8H2,1H3,(H,15,17). The topological polar surface area (TPSA) is 72.2 Å². The summed E-state index contributed by atoms with van der Waals surface area (Å²) in [6.45, 7) is 1.88. The normalized spacial score (nSPS) is 11.1. The van der Waals surface area contributed by atoms with E-state index in [-0.39, 0.29) is 23.4 Å². The SMILES string of the molecule is CCC(CCl)(CCl)NC(=O)c1ccc([N+](=O)[O-])cc1. The minimum Gasteiger partial charge on any atom is -0.344 e. The maximum Gasteiger partial charge on any atom is 0.269 e. The van der Waals surface area contributed by atoms with Gasteiger partial charge in [-0.3, -0.25) is 14.9 Å². The highest BCUT2D eigenvalue weighted by molar-refractivity contribution is 6.22. The molecule has 1 rings (SSSR count). The number of nitro groups is 1. The van der Waals surface area contributed by atoms with Gasteiger partial charge in [0.25, 0.3) is 11.6 Å². The highest BCUT2D eigenvalue weighted by Crippen LogP contribution is 2.17. The molecule has 0 saturated heterocycles. The fourth-order valence-electron chi connectivity index (χ4n) is 1.43. The van der Waals surface area contributed by atoms with Crippen LogP contribution in [-0.4, -0.2) is 28.1 Å². The summed E-state index contributed by atoms with van der Waals surface area (Å²) in [5.41, 5.74) is -0.395. The van der Waals surface area contributed by atoms with Gasteiger partial charge in [0.05, 0.1) is 10.5 Å². The van der Waals surface area contributed by atoms with Crippen LogP contribution < -0.4 is 5.32 Å². The molecule has 0 unspecified atom stereocenters. The quantitative estimate of drug-likeness (QED) is 0.499. The Hall–Kier alpha value is -1.33. The summed E-state index contributed by atoms with van der Waals surface area (Å²) in [7, 11) is 0. The lowest BCUT2D eigenvalue weighted by Gasteiger charge is -2.29. The van der Waals surface area contributed by atoms with E-state index in [1.807, 2.05) is 6.92 Å². The Labute approximate surface area is 121 Å². The fraction of sp³-hybridized carbons (Fsp3) is 0.417. The lowest BCUT2D eigenvalue weighted by atomic mass is 10.0. The lowest BCUT2D eigenvalue weighted by Crippen LogP contribution is -2.51. The zero-order chi connectivity index (χ0) is 14.5. The molecule has 0 aliphatic rings. The monoisotopic (exact) mass is 304 g/mol. The number of carbonyl (C=O) groups is 1. The van der Waals surface area contributed by atoms with E-state index in [9.17, 15) is 14.9 Å². The summed E-state index contributed by atoms with van der Waals surface area (Å²) < 4.78 is 0. The molecule has 0 aliphatic heterocycles. The van der Waals surface area contributed by atoms with Crippen molar-refractivity contribution in [1.29, 1.82) is 0 Å². The van der Waals surface area contributed by atoms with Crippen LogP contribution in [0.2, 0.25) is 0 Å². The highest BCUT2D eigenvalue weighted by Gasteiger charge is 2.28. The first-order chi connectivity index (χ1) is 8.98. The summed E-state index contributed by atoms with van der Waals surface area (Å²) in [5, 5.41) is 13.3. The number of hydrogen-bond acceptors (Lipinski definition) is 3. The maximum atomic E-state index is 12.0. The molecular formula is C12H14Cl2N2O3. The number of benzene rings is 1. The molecule has 7 heteroatoms. The van der Waals surface area contributed by atoms with Crippen LogP contribution in [0.1, 0.15) is 23.7 Å². The van der Waals surface area contributed by atoms with Gasteiger partial charge in [0.2, 0.25) is 0 Å². The second kappa shape index (κ2) is 6.73. The number of amides is 1. The van der Waals surface area contributed by atoms with Crippen molar-refractivity contribution in [2.24, 2.45) is 0 Å². The van der Waals surface area contributed by atoms with Gasteiger partial charge in [-0.25, -0.2) is 0 Å². The van der Waals surface area contributed by atoms with Gasteiger partial charge in [0, 0.05) is 29.5 Å². The second-order valence-corrected chi connectivity index (χ2v) is 4.69. The molecule has 1 aromatic rings. The molecule has 0 radical (unpaired) electrons. The molecule has 0 aliphatic carbocycles. The third-order valence-electron chi connectivity index (χ3n) is 2.91. The molecule has 1 aromatic carbocycles. The average molecular weight is 305 g/mol. The van der Waals surface area contributed by atoms with Gasteiger partial charge in [-0.1, -0.05) is 6.92 Å². The van der Waals surface area contributed by atoms with Crippen LogP contribution in [0.25, 0.3) is 0 Å². The molecule has 104 valence electrons. The third-order valence-corrected chi connectivity index (χ3v) is 3.93. The minimum atomic E-state index is -0.665. The Morgan fingerprint density at radius 1 is 1.32 bits per heavy atom. The van der Waals surface area contributed by atoms with Crippen molar-refractivity contribution in [3.8, 4) is 0 Å². The van der Waals surface area contributed by atoms with Crippen LogP contribution in [0.15, 0.2) is 24.3 Å². The molecule has 19 heavy (non-hydrogen) atoms. The predicted octanol–water partition coefficient (Wildman–Crippen LogP) is 2.95. The van der Waals surface area contributed by atoms with E-state index >= 15 is 0 Å². The minimum absolute atomic E-state index is 0.0620. The first kappa shape index (κ1) is 15.7. The fourth-order valence-corrected chi connectivity index (χ4v) is 2.22. The van der Waals surface area contributed by atoms with E-state index in [2.05, 4.69) is 5.32 Å². The van der Waals surface area contributed by atoms with Crippen molar-refractivity contribution in [2.45, 2.75) is 18.9 Å². The van der Waals surface area contributed by atoms with E-state index in [0.29, 0.717) is 12.0 Å². The number of nitro benzene ring substituents is 1. The smallest absolute Gasteiger partial charge is 0.269 e. The largest absolute Gasteiger partial charge is 0.344 e. The molecule has 0 saturated carbocycles. The van der Waals surface area contributed by atoms with E-state index in [4.69, 9.17) is 23.2 Å². The number of nitrogens with zero attached hydrogens (tertiary/aromatic N) is 1. The zero-order valence-electron chi connectivity index (χ0n) is 10.4. The second-order valence-electron chi connectivity index (χ2n) is 4.16. The molecular weight excluding hydrogens is 291 g/mol. The average Bonchev–Trinajstić information content (AvgIpc) is 2.45. The Morgan fingerprint density at radius 2 is 1.84 bits per heavy atom. The summed E-state index contributed by atoms with van der Waals surface area (Å²) in [5.74, 6) is 0.0512. The van der Waals surface area contributed by atoms with E-state index in [1.165, 1.54) is 24.3 Å². The van der Waals surface area contributed by atoms with Crippen LogP contribution >= 0.6 is 23.2 Å². The van der Waals surface area contributed by atoms with Gasteiger partial charge in [-0.05, 0) is 18.6 Å². The Morgan fingerprint density at radius 3 is 2.21 bits per heavy atom. The van der Waals surface area contributed by atoms with Gasteiger partial charge in [-0.15, -0.1) is 23.2 Å². The number of non-ortho nitro benzene ring substituents is 1. The summed E-state index contributed by atoms with van der Waals surface area (Å²) >= 11 is 11.7. The maximum absolute atomic E-state index is 12.0. The Kier molecular flexibility index (Phi) is 5.57. The number of nitrogens with one attached hydrogen (secondary N) is 1. The van der Waals surface area contributed by atoms with E-state index < -0.39 is 10.5 Å². The molecule has 5 nitrogen and oxygen atoms in total. The van der Waals surface area contributed by atoms with Gasteiger partial charge in [0.15, 0.2) is 0 Å². The number of alkyl halides is 2. The molecule has 0 fully saturated rings. The number of hydrogen-bond donors (Lipinski definition) is 1. The lowest BCUT2D eigenvalue weighted by molar-refractivity contribution is -0.384. The number of carbonyl (C=O) groups excluding carboxylic acids is 1. The summed E-state index contributed by atoms with van der Waals surface area (Å²) in [6, 6.07) is 5.36. The molecule has 0 spiro atoms. The molecule has 0 heterocycles. The molecule has 1 amide bonds. The van der Waals surface area contributed by atoms with Crippen LogP contribution in [0.3, 0.4) is 0 Å². The Bertz CT molecular complexity index is 450. The highest BCUT2D eigenvalue weighted by atomic mass is 35.5. The first-order valence-electron chi connectivity index (χ1n) is 5.67. The van der Waals surface area contributed by atoms with Crippen molar-refractivity contribution >= 4 is 34.8 Å². The summed E-state index contributed by atoms with van der Waals surface area (Å²) in [6.07, 6.45) is 0.596. The molecule has 0 atom stereocenters. The van der Waals surface area contributed by atoms with Crippen molar-refractivity contribution in [3.63, 3.8) is 0 Å². The van der Waals surface area contributed by atoms with E-state index in [1.54, 1.807) is 0 Å². The number of halogens is 2. The van der Waals surface area contributed by atoms with Gasteiger partial charge in [-0.2, -0.15) is 0 Å². The molecule has 0 aromatic heterocycles. The third kappa shape index (κ3) is 3.81. The molecule has 1 N–H and O–H groups in total. The van der Waals surface area contributed by atoms with Gasteiger partial charge in [0.1, 0.15) is 0 Å². The first-order valence-corrected chi connectivity index (χ1v) is 6.74. The van der Waals surface area contributed by atoms with Crippen LogP contribution in [0.4, 0.5) is 5.69 Å². The summed E-state index contributed by atoms with van der Waals surface area (Å²) in [4.78, 5) is 22.0. The van der Waals surface area contributed by atoms with Crippen molar-refractivity contribution in [2.75, 3.05) is 11.8 Å². The van der Waals surface area contributed by atoms with Crippen LogP contribution in [0, 0.1) is 10.1 Å². The zero-order valence-corrected chi connectivity index (χ0v) is 11.9. The predicted molar refractivity (Wildman–Crippen MR) is 75.0 cm³/mol. The van der Waals surface area contributed by atoms with Crippen molar-refractivity contribution in [3.05, 3.63) is 39.9 Å². The van der Waals surface area contributed by atoms with Gasteiger partial charge >= 0.3 is 0 Å². The van der Waals surface area contributed by atoms with E-state index in [0.717, 1.165) is 0 Å². The molecule has 0 bridgehead atoms. The Balaban J connectivity index is 2.86. The van der Waals surface area contributed by atoms with Crippen molar-refractivity contribution in [1.82, 2.24) is 5.32 Å². The van der Waals surface area contributed by atoms with Crippen LogP contribution in [0.5, 0.6) is 0 Å². The number of rotatable bonds is 6. The van der Waals surface area contributed by atoms with Crippen LogP contribution in [-0.2, 0) is 0 Å². The van der Waals surface area contributed by atoms with Crippen molar-refractivity contribution < 1.29 is 9.72 Å².